The van der Waals surface area contributed by atoms with Gasteiger partial charge >= 0.3 is 0 Å². The number of hydrogen-bond donors (Lipinski definition) is 3. The Balaban J connectivity index is 1.77. The summed E-state index contributed by atoms with van der Waals surface area (Å²) in [5.41, 5.74) is 13.8. The van der Waals surface area contributed by atoms with E-state index in [1.807, 2.05) is 30.3 Å². The van der Waals surface area contributed by atoms with Gasteiger partial charge in [-0.25, -0.2) is 4.39 Å². The predicted octanol–water partition coefficient (Wildman–Crippen LogP) is 5.92. The molecule has 4 rings (SSSR count). The van der Waals surface area contributed by atoms with Crippen LogP contribution in [0.3, 0.4) is 0 Å². The molecule has 1 saturated carbocycles. The Hall–Kier alpha value is -2.68. The number of halogens is 3. The van der Waals surface area contributed by atoms with Crippen molar-refractivity contribution < 1.29 is 18.7 Å². The fourth-order valence-electron chi connectivity index (χ4n) is 5.09. The highest BCUT2D eigenvalue weighted by Gasteiger charge is 2.26. The van der Waals surface area contributed by atoms with E-state index in [0.717, 1.165) is 36.8 Å². The van der Waals surface area contributed by atoms with Gasteiger partial charge in [-0.1, -0.05) is 53.5 Å². The first-order valence-corrected chi connectivity index (χ1v) is 13.8. The van der Waals surface area contributed by atoms with Crippen LogP contribution in [0.15, 0.2) is 54.6 Å². The van der Waals surface area contributed by atoms with E-state index in [2.05, 4.69) is 5.32 Å². The monoisotopic (exact) mass is 573 g/mol. The van der Waals surface area contributed by atoms with E-state index in [0.29, 0.717) is 12.6 Å². The van der Waals surface area contributed by atoms with Gasteiger partial charge in [-0.05, 0) is 61.1 Å². The lowest BCUT2D eigenvalue weighted by Gasteiger charge is -2.29. The molecular formula is C30H34Cl2FN3O3. The SMILES string of the molecule is COCCOc1ccc(C(N)=O)c(-c2cc(C(CNC3CCC(N)CC3)c3ccccc3)cc(Cl)c2Cl)c1F. The summed E-state index contributed by atoms with van der Waals surface area (Å²) in [6, 6.07) is 17.0. The Bertz CT molecular complexity index is 1280. The predicted molar refractivity (Wildman–Crippen MR) is 154 cm³/mol. The van der Waals surface area contributed by atoms with Crippen LogP contribution in [0.1, 0.15) is 53.1 Å². The molecule has 0 bridgehead atoms. The third-order valence-electron chi connectivity index (χ3n) is 7.22. The number of ether oxygens (including phenoxy) is 2. The minimum absolute atomic E-state index is 0.0189. The molecule has 0 spiro atoms. The summed E-state index contributed by atoms with van der Waals surface area (Å²) in [5.74, 6) is -1.69. The van der Waals surface area contributed by atoms with Gasteiger partial charge < -0.3 is 26.3 Å². The van der Waals surface area contributed by atoms with Crippen LogP contribution in [0.25, 0.3) is 11.1 Å². The van der Waals surface area contributed by atoms with E-state index in [1.54, 1.807) is 12.1 Å². The molecular weight excluding hydrogens is 540 g/mol. The lowest BCUT2D eigenvalue weighted by molar-refractivity contribution is 0.1000. The normalized spacial score (nSPS) is 18.1. The van der Waals surface area contributed by atoms with Crippen LogP contribution < -0.4 is 21.5 Å². The third kappa shape index (κ3) is 7.10. The highest BCUT2D eigenvalue weighted by Crippen LogP contribution is 2.42. The van der Waals surface area contributed by atoms with Crippen molar-refractivity contribution >= 4 is 29.1 Å². The van der Waals surface area contributed by atoms with Crippen molar-refractivity contribution in [3.05, 3.63) is 87.2 Å². The zero-order valence-electron chi connectivity index (χ0n) is 21.9. The number of carbonyl (C=O) groups is 1. The van der Waals surface area contributed by atoms with Crippen molar-refractivity contribution in [3.8, 4) is 16.9 Å². The molecule has 0 aromatic heterocycles. The number of nitrogens with two attached hydrogens (primary N) is 2. The molecule has 1 aliphatic rings. The van der Waals surface area contributed by atoms with Crippen molar-refractivity contribution in [2.75, 3.05) is 26.9 Å². The van der Waals surface area contributed by atoms with Crippen LogP contribution in [0.5, 0.6) is 5.75 Å². The van der Waals surface area contributed by atoms with E-state index in [-0.39, 0.29) is 57.7 Å². The zero-order valence-corrected chi connectivity index (χ0v) is 23.4. The summed E-state index contributed by atoms with van der Waals surface area (Å²) in [6.45, 7) is 1.03. The summed E-state index contributed by atoms with van der Waals surface area (Å²) in [7, 11) is 1.52. The molecule has 1 aliphatic carbocycles. The zero-order chi connectivity index (χ0) is 27.9. The van der Waals surface area contributed by atoms with Crippen molar-refractivity contribution in [2.24, 2.45) is 11.5 Å². The van der Waals surface area contributed by atoms with E-state index in [1.165, 1.54) is 19.2 Å². The summed E-state index contributed by atoms with van der Waals surface area (Å²) in [4.78, 5) is 12.4. The molecule has 1 fully saturated rings. The van der Waals surface area contributed by atoms with E-state index < -0.39 is 11.7 Å². The second-order valence-electron chi connectivity index (χ2n) is 9.85. The Morgan fingerprint density at radius 3 is 2.44 bits per heavy atom. The van der Waals surface area contributed by atoms with Gasteiger partial charge in [0.2, 0.25) is 5.91 Å². The lowest BCUT2D eigenvalue weighted by Crippen LogP contribution is -2.39. The molecule has 3 aromatic rings. The maximum Gasteiger partial charge on any atom is 0.249 e. The molecule has 0 aliphatic heterocycles. The Morgan fingerprint density at radius 2 is 1.77 bits per heavy atom. The first-order valence-electron chi connectivity index (χ1n) is 13.1. The fraction of sp³-hybridized carbons (Fsp3) is 0.367. The number of amides is 1. The standard InChI is InChI=1S/C30H34Cl2FN3O3/c1-38-13-14-39-26-12-11-22(30(35)37)27(29(26)33)23-15-19(16-25(31)28(23)32)24(18-5-3-2-4-6-18)17-36-21-9-7-20(34)8-10-21/h2-6,11-12,15-16,20-21,24,36H,7-10,13-14,17,34H2,1H3,(H2,35,37). The summed E-state index contributed by atoms with van der Waals surface area (Å²) < 4.78 is 26.5. The van der Waals surface area contributed by atoms with Crippen LogP contribution in [0, 0.1) is 5.82 Å². The largest absolute Gasteiger partial charge is 0.488 e. The maximum atomic E-state index is 15.9. The molecule has 0 heterocycles. The molecule has 0 radical (unpaired) electrons. The third-order valence-corrected chi connectivity index (χ3v) is 8.03. The molecule has 1 atom stereocenters. The first kappa shape index (κ1) is 29.3. The van der Waals surface area contributed by atoms with Crippen molar-refractivity contribution in [2.45, 2.75) is 43.7 Å². The van der Waals surface area contributed by atoms with Gasteiger partial charge in [0.25, 0.3) is 0 Å². The van der Waals surface area contributed by atoms with Crippen LogP contribution in [-0.4, -0.2) is 44.9 Å². The number of primary amides is 1. The van der Waals surface area contributed by atoms with Crippen LogP contribution in [-0.2, 0) is 4.74 Å². The van der Waals surface area contributed by atoms with Crippen molar-refractivity contribution in [1.82, 2.24) is 5.32 Å². The van der Waals surface area contributed by atoms with Crippen LogP contribution in [0.4, 0.5) is 4.39 Å². The molecule has 1 unspecified atom stereocenters. The quantitative estimate of drug-likeness (QED) is 0.247. The maximum absolute atomic E-state index is 15.9. The molecule has 0 saturated heterocycles. The second-order valence-corrected chi connectivity index (χ2v) is 10.6. The summed E-state index contributed by atoms with van der Waals surface area (Å²) >= 11 is 13.3. The first-order chi connectivity index (χ1) is 18.8. The number of benzene rings is 3. The van der Waals surface area contributed by atoms with Gasteiger partial charge in [0.05, 0.1) is 22.2 Å². The van der Waals surface area contributed by atoms with Gasteiger partial charge in [0.15, 0.2) is 11.6 Å². The molecule has 208 valence electrons. The Kier molecular flexibility index (Phi) is 10.2. The van der Waals surface area contributed by atoms with Gasteiger partial charge in [-0.2, -0.15) is 0 Å². The smallest absolute Gasteiger partial charge is 0.249 e. The molecule has 1 amide bonds. The second kappa shape index (κ2) is 13.6. The Morgan fingerprint density at radius 1 is 1.05 bits per heavy atom. The highest BCUT2D eigenvalue weighted by atomic mass is 35.5. The average Bonchev–Trinajstić information content (AvgIpc) is 2.93. The van der Waals surface area contributed by atoms with Crippen molar-refractivity contribution in [3.63, 3.8) is 0 Å². The lowest BCUT2D eigenvalue weighted by atomic mass is 9.87. The van der Waals surface area contributed by atoms with E-state index in [9.17, 15) is 4.79 Å². The minimum Gasteiger partial charge on any atom is -0.488 e. The number of carbonyl (C=O) groups excluding carboxylic acids is 1. The number of nitrogens with one attached hydrogen (secondary N) is 1. The molecule has 3 aromatic carbocycles. The summed E-state index contributed by atoms with van der Waals surface area (Å²) in [5, 5.41) is 4.07. The van der Waals surface area contributed by atoms with Crippen LogP contribution >= 0.6 is 23.2 Å². The minimum atomic E-state index is -0.790. The van der Waals surface area contributed by atoms with Crippen LogP contribution in [0.2, 0.25) is 10.0 Å². The molecule has 5 N–H and O–H groups in total. The Labute approximate surface area is 238 Å². The van der Waals surface area contributed by atoms with E-state index >= 15 is 4.39 Å². The van der Waals surface area contributed by atoms with Gasteiger partial charge in [-0.3, -0.25) is 4.79 Å². The summed E-state index contributed by atoms with van der Waals surface area (Å²) in [6.07, 6.45) is 4.00. The van der Waals surface area contributed by atoms with Gasteiger partial charge in [-0.15, -0.1) is 0 Å². The van der Waals surface area contributed by atoms with Crippen molar-refractivity contribution in [1.29, 1.82) is 0 Å². The molecule has 9 heteroatoms. The number of rotatable bonds is 11. The van der Waals surface area contributed by atoms with Gasteiger partial charge in [0.1, 0.15) is 6.61 Å². The number of hydrogen-bond acceptors (Lipinski definition) is 5. The molecule has 39 heavy (non-hydrogen) atoms. The number of methoxy groups -OCH3 is 1. The molecule has 6 nitrogen and oxygen atoms in total. The van der Waals surface area contributed by atoms with E-state index in [4.69, 9.17) is 44.1 Å². The van der Waals surface area contributed by atoms with Gasteiger partial charge in [0, 0.05) is 42.8 Å². The highest BCUT2D eigenvalue weighted by molar-refractivity contribution is 6.44. The fourth-order valence-corrected chi connectivity index (χ4v) is 5.52. The topological polar surface area (TPSA) is 99.6 Å². The average molecular weight is 575 g/mol.